The number of carbonyl (C=O) groups excluding carboxylic acids is 1. The Kier molecular flexibility index (Phi) is 6.03. The highest BCUT2D eigenvalue weighted by Crippen LogP contribution is 2.36. The molecule has 166 valence electrons. The number of esters is 1. The topological polar surface area (TPSA) is 105 Å². The Morgan fingerprint density at radius 2 is 1.81 bits per heavy atom. The SMILES string of the molecule is COC(=O)Cc1ccc(Oc2nc(-c3ccc(OC)c(Cl)c3)nc3c2CS(=O)(=O)C3)cc1. The van der Waals surface area contributed by atoms with E-state index in [0.29, 0.717) is 39.2 Å². The first-order valence-corrected chi connectivity index (χ1v) is 11.8. The molecule has 0 atom stereocenters. The van der Waals surface area contributed by atoms with Crippen molar-refractivity contribution in [1.29, 1.82) is 0 Å². The molecular formula is C22H19ClN2O6S. The average molecular weight is 475 g/mol. The van der Waals surface area contributed by atoms with E-state index in [-0.39, 0.29) is 29.8 Å². The van der Waals surface area contributed by atoms with Crippen molar-refractivity contribution in [3.8, 4) is 28.8 Å². The molecule has 32 heavy (non-hydrogen) atoms. The summed E-state index contributed by atoms with van der Waals surface area (Å²) in [4.78, 5) is 20.4. The molecule has 1 aromatic heterocycles. The summed E-state index contributed by atoms with van der Waals surface area (Å²) < 4.78 is 40.3. The fourth-order valence-corrected chi connectivity index (χ4v) is 5.04. The lowest BCUT2D eigenvalue weighted by molar-refractivity contribution is -0.139. The zero-order valence-corrected chi connectivity index (χ0v) is 18.9. The van der Waals surface area contributed by atoms with Gasteiger partial charge in [-0.15, -0.1) is 0 Å². The molecule has 4 rings (SSSR count). The number of carbonyl (C=O) groups is 1. The number of methoxy groups -OCH3 is 2. The molecule has 0 aliphatic carbocycles. The van der Waals surface area contributed by atoms with Crippen LogP contribution in [0.1, 0.15) is 16.8 Å². The number of halogens is 1. The quantitative estimate of drug-likeness (QED) is 0.497. The monoisotopic (exact) mass is 474 g/mol. The van der Waals surface area contributed by atoms with Crippen LogP contribution < -0.4 is 9.47 Å². The van der Waals surface area contributed by atoms with Crippen molar-refractivity contribution in [2.75, 3.05) is 14.2 Å². The molecule has 0 unspecified atom stereocenters. The van der Waals surface area contributed by atoms with E-state index in [2.05, 4.69) is 14.7 Å². The summed E-state index contributed by atoms with van der Waals surface area (Å²) in [5.41, 5.74) is 2.20. The van der Waals surface area contributed by atoms with E-state index in [4.69, 9.17) is 21.1 Å². The number of ether oxygens (including phenoxy) is 3. The smallest absolute Gasteiger partial charge is 0.309 e. The maximum absolute atomic E-state index is 12.2. The van der Waals surface area contributed by atoms with E-state index in [0.717, 1.165) is 5.56 Å². The largest absolute Gasteiger partial charge is 0.495 e. The first-order chi connectivity index (χ1) is 15.3. The van der Waals surface area contributed by atoms with Crippen LogP contribution in [0.5, 0.6) is 17.4 Å². The zero-order chi connectivity index (χ0) is 22.9. The summed E-state index contributed by atoms with van der Waals surface area (Å²) in [5, 5.41) is 0.380. The molecule has 2 heterocycles. The van der Waals surface area contributed by atoms with Gasteiger partial charge >= 0.3 is 5.97 Å². The van der Waals surface area contributed by atoms with Gasteiger partial charge in [0.1, 0.15) is 11.5 Å². The Labute approximate surface area is 190 Å². The van der Waals surface area contributed by atoms with Crippen LogP contribution in [0.25, 0.3) is 11.4 Å². The Balaban J connectivity index is 1.70. The van der Waals surface area contributed by atoms with Crippen molar-refractivity contribution in [1.82, 2.24) is 9.97 Å². The molecule has 8 nitrogen and oxygen atoms in total. The van der Waals surface area contributed by atoms with E-state index in [9.17, 15) is 13.2 Å². The van der Waals surface area contributed by atoms with Gasteiger partial charge in [0, 0.05) is 5.56 Å². The number of sulfone groups is 1. The van der Waals surface area contributed by atoms with Gasteiger partial charge in [0.15, 0.2) is 15.7 Å². The van der Waals surface area contributed by atoms with Gasteiger partial charge in [-0.3, -0.25) is 4.79 Å². The van der Waals surface area contributed by atoms with E-state index < -0.39 is 9.84 Å². The van der Waals surface area contributed by atoms with Crippen molar-refractivity contribution in [2.24, 2.45) is 0 Å². The van der Waals surface area contributed by atoms with Gasteiger partial charge in [0.25, 0.3) is 0 Å². The Morgan fingerprint density at radius 1 is 1.06 bits per heavy atom. The van der Waals surface area contributed by atoms with Gasteiger partial charge < -0.3 is 14.2 Å². The van der Waals surface area contributed by atoms with Crippen LogP contribution in [0.4, 0.5) is 0 Å². The van der Waals surface area contributed by atoms with Gasteiger partial charge in [0.05, 0.1) is 48.4 Å². The molecule has 3 aromatic rings. The predicted molar refractivity (Wildman–Crippen MR) is 118 cm³/mol. The van der Waals surface area contributed by atoms with E-state index >= 15 is 0 Å². The lowest BCUT2D eigenvalue weighted by atomic mass is 10.1. The minimum Gasteiger partial charge on any atom is -0.495 e. The molecule has 2 aromatic carbocycles. The number of nitrogens with zero attached hydrogens (tertiary/aromatic N) is 2. The first kappa shape index (κ1) is 22.0. The van der Waals surface area contributed by atoms with Crippen LogP contribution in [0, 0.1) is 0 Å². The molecule has 0 amide bonds. The zero-order valence-electron chi connectivity index (χ0n) is 17.3. The normalized spacial score (nSPS) is 14.0. The first-order valence-electron chi connectivity index (χ1n) is 9.55. The lowest BCUT2D eigenvalue weighted by Crippen LogP contribution is -2.04. The highest BCUT2D eigenvalue weighted by atomic mass is 35.5. The summed E-state index contributed by atoms with van der Waals surface area (Å²) in [6.45, 7) is 0. The van der Waals surface area contributed by atoms with Crippen LogP contribution in [-0.4, -0.2) is 38.6 Å². The van der Waals surface area contributed by atoms with Crippen molar-refractivity contribution >= 4 is 27.4 Å². The third kappa shape index (κ3) is 4.68. The van der Waals surface area contributed by atoms with Crippen LogP contribution in [0.3, 0.4) is 0 Å². The number of fused-ring (bicyclic) bond motifs is 1. The third-order valence-corrected chi connectivity index (χ3v) is 6.64. The molecule has 0 N–H and O–H groups in total. The van der Waals surface area contributed by atoms with Crippen LogP contribution in [0.2, 0.25) is 5.02 Å². The average Bonchev–Trinajstić information content (AvgIpc) is 3.09. The van der Waals surface area contributed by atoms with Crippen molar-refractivity contribution < 1.29 is 27.4 Å². The number of benzene rings is 2. The van der Waals surface area contributed by atoms with Crippen molar-refractivity contribution in [3.05, 3.63) is 64.3 Å². The van der Waals surface area contributed by atoms with Crippen molar-refractivity contribution in [2.45, 2.75) is 17.9 Å². The molecule has 0 fully saturated rings. The van der Waals surface area contributed by atoms with Gasteiger partial charge in [0.2, 0.25) is 5.88 Å². The Hall–Kier alpha value is -3.17. The Morgan fingerprint density at radius 3 is 2.47 bits per heavy atom. The molecular weight excluding hydrogens is 456 g/mol. The number of hydrogen-bond acceptors (Lipinski definition) is 8. The fraction of sp³-hybridized carbons (Fsp3) is 0.227. The maximum atomic E-state index is 12.2. The van der Waals surface area contributed by atoms with Gasteiger partial charge in [-0.2, -0.15) is 4.98 Å². The molecule has 0 bridgehead atoms. The minimum absolute atomic E-state index is 0.139. The molecule has 0 radical (unpaired) electrons. The highest BCUT2D eigenvalue weighted by Gasteiger charge is 2.31. The summed E-state index contributed by atoms with van der Waals surface area (Å²) in [5.74, 6) is 0.685. The van der Waals surface area contributed by atoms with Crippen LogP contribution in [-0.2, 0) is 37.3 Å². The van der Waals surface area contributed by atoms with Crippen LogP contribution in [0.15, 0.2) is 42.5 Å². The fourth-order valence-electron chi connectivity index (χ4n) is 3.30. The van der Waals surface area contributed by atoms with Crippen molar-refractivity contribution in [3.63, 3.8) is 0 Å². The molecule has 0 spiro atoms. The molecule has 1 aliphatic rings. The maximum Gasteiger partial charge on any atom is 0.309 e. The Bertz CT molecular complexity index is 1290. The summed E-state index contributed by atoms with van der Waals surface area (Å²) >= 11 is 6.23. The third-order valence-electron chi connectivity index (χ3n) is 4.90. The van der Waals surface area contributed by atoms with Gasteiger partial charge in [-0.1, -0.05) is 23.7 Å². The van der Waals surface area contributed by atoms with Gasteiger partial charge in [-0.25, -0.2) is 13.4 Å². The standard InChI is InChI=1S/C22H19ClN2O6S/c1-29-19-8-5-14(10-17(19)23)21-24-18-12-32(27,28)11-16(18)22(25-21)31-15-6-3-13(4-7-15)9-20(26)30-2/h3-8,10H,9,11-12H2,1-2H3. The second-order valence-corrected chi connectivity index (χ2v) is 9.63. The molecule has 10 heteroatoms. The number of rotatable bonds is 6. The summed E-state index contributed by atoms with van der Waals surface area (Å²) in [6, 6.07) is 11.9. The van der Waals surface area contributed by atoms with E-state index in [1.807, 2.05) is 0 Å². The highest BCUT2D eigenvalue weighted by molar-refractivity contribution is 7.90. The number of hydrogen-bond donors (Lipinski definition) is 0. The summed E-state index contributed by atoms with van der Waals surface area (Å²) in [6.07, 6.45) is 0.139. The number of aromatic nitrogens is 2. The van der Waals surface area contributed by atoms with E-state index in [1.165, 1.54) is 14.2 Å². The van der Waals surface area contributed by atoms with Crippen LogP contribution >= 0.6 is 11.6 Å². The second-order valence-electron chi connectivity index (χ2n) is 7.16. The predicted octanol–water partition coefficient (Wildman–Crippen LogP) is 3.74. The lowest BCUT2D eigenvalue weighted by Gasteiger charge is -2.12. The minimum atomic E-state index is -3.34. The van der Waals surface area contributed by atoms with Gasteiger partial charge in [-0.05, 0) is 35.9 Å². The van der Waals surface area contributed by atoms with E-state index in [1.54, 1.807) is 42.5 Å². The molecule has 1 aliphatic heterocycles. The second kappa shape index (κ2) is 8.76. The molecule has 0 saturated heterocycles. The summed E-state index contributed by atoms with van der Waals surface area (Å²) in [7, 11) is -0.497. The molecule has 0 saturated carbocycles.